The highest BCUT2D eigenvalue weighted by atomic mass is 16.5. The summed E-state index contributed by atoms with van der Waals surface area (Å²) in [7, 11) is 1.38. The van der Waals surface area contributed by atoms with E-state index in [0.717, 1.165) is 25.2 Å². The fourth-order valence-corrected chi connectivity index (χ4v) is 4.32. The first-order valence-electron chi connectivity index (χ1n) is 11.6. The maximum absolute atomic E-state index is 13.2. The van der Waals surface area contributed by atoms with Crippen LogP contribution in [0.4, 0.5) is 16.2 Å². The average Bonchev–Trinajstić information content (AvgIpc) is 3.18. The molecule has 2 N–H and O–H groups in total. The molecular weight excluding hydrogens is 434 g/mol. The van der Waals surface area contributed by atoms with Crippen molar-refractivity contribution in [3.8, 4) is 0 Å². The predicted octanol–water partition coefficient (Wildman–Crippen LogP) is 2.26. The minimum absolute atomic E-state index is 0.0408. The van der Waals surface area contributed by atoms with Crippen LogP contribution in [0.25, 0.3) is 0 Å². The van der Waals surface area contributed by atoms with E-state index in [0.29, 0.717) is 56.1 Å². The van der Waals surface area contributed by atoms with E-state index < -0.39 is 0 Å². The molecule has 2 heterocycles. The molecule has 2 saturated heterocycles. The van der Waals surface area contributed by atoms with E-state index in [1.807, 2.05) is 35.2 Å². The van der Waals surface area contributed by atoms with Crippen LogP contribution < -0.4 is 15.5 Å². The minimum atomic E-state index is -0.342. The molecule has 3 amide bonds. The Bertz CT molecular complexity index is 1010. The van der Waals surface area contributed by atoms with E-state index in [1.165, 1.54) is 7.11 Å². The second-order valence-electron chi connectivity index (χ2n) is 8.39. The Morgan fingerprint density at radius 3 is 2.35 bits per heavy atom. The molecular formula is C25H31N5O4. The van der Waals surface area contributed by atoms with Gasteiger partial charge in [0.05, 0.1) is 18.5 Å². The van der Waals surface area contributed by atoms with Gasteiger partial charge in [-0.2, -0.15) is 0 Å². The Morgan fingerprint density at radius 2 is 1.62 bits per heavy atom. The number of benzene rings is 2. The molecule has 9 nitrogen and oxygen atoms in total. The van der Waals surface area contributed by atoms with Crippen LogP contribution in [0.5, 0.6) is 0 Å². The van der Waals surface area contributed by atoms with E-state index in [-0.39, 0.29) is 17.9 Å². The molecule has 0 spiro atoms. The fraction of sp³-hybridized carbons (Fsp3) is 0.400. The number of nitrogens with zero attached hydrogens (tertiary/aromatic N) is 3. The van der Waals surface area contributed by atoms with Crippen LogP contribution in [0.15, 0.2) is 48.5 Å². The van der Waals surface area contributed by atoms with Crippen molar-refractivity contribution in [2.45, 2.75) is 6.42 Å². The highest BCUT2D eigenvalue weighted by Crippen LogP contribution is 2.29. The molecule has 0 bridgehead atoms. The number of piperazine rings is 1. The van der Waals surface area contributed by atoms with Gasteiger partial charge in [-0.3, -0.25) is 9.59 Å². The summed E-state index contributed by atoms with van der Waals surface area (Å²) in [5.74, 6) is -0.278. The van der Waals surface area contributed by atoms with Crippen molar-refractivity contribution >= 4 is 29.3 Å². The number of carbonyl (C=O) groups is 3. The van der Waals surface area contributed by atoms with Crippen molar-refractivity contribution in [3.63, 3.8) is 0 Å². The molecule has 0 aliphatic carbocycles. The molecule has 0 radical (unpaired) electrons. The topological polar surface area (TPSA) is 94.2 Å². The number of hydrogen-bond donors (Lipinski definition) is 2. The maximum atomic E-state index is 13.2. The van der Waals surface area contributed by atoms with Crippen LogP contribution >= 0.6 is 0 Å². The van der Waals surface area contributed by atoms with Gasteiger partial charge in [0.25, 0.3) is 11.8 Å². The molecule has 2 aliphatic heterocycles. The summed E-state index contributed by atoms with van der Waals surface area (Å²) in [5.41, 5.74) is 2.49. The second kappa shape index (κ2) is 11.0. The summed E-state index contributed by atoms with van der Waals surface area (Å²) in [6, 6.07) is 14.5. The second-order valence-corrected chi connectivity index (χ2v) is 8.39. The molecule has 2 aromatic carbocycles. The minimum Gasteiger partial charge on any atom is -0.453 e. The van der Waals surface area contributed by atoms with E-state index in [9.17, 15) is 14.4 Å². The third-order valence-electron chi connectivity index (χ3n) is 6.21. The molecule has 34 heavy (non-hydrogen) atoms. The van der Waals surface area contributed by atoms with Crippen molar-refractivity contribution in [1.82, 2.24) is 15.1 Å². The average molecular weight is 466 g/mol. The van der Waals surface area contributed by atoms with E-state index in [2.05, 4.69) is 15.5 Å². The fourth-order valence-electron chi connectivity index (χ4n) is 4.32. The summed E-state index contributed by atoms with van der Waals surface area (Å²) in [6.07, 6.45) is 0.566. The number of ether oxygens (including phenoxy) is 1. The third kappa shape index (κ3) is 5.48. The Morgan fingerprint density at radius 1 is 0.853 bits per heavy atom. The van der Waals surface area contributed by atoms with Crippen molar-refractivity contribution < 1.29 is 19.1 Å². The molecule has 4 rings (SSSR count). The monoisotopic (exact) mass is 465 g/mol. The zero-order valence-corrected chi connectivity index (χ0v) is 19.5. The van der Waals surface area contributed by atoms with Gasteiger partial charge in [-0.1, -0.05) is 18.2 Å². The lowest BCUT2D eigenvalue weighted by molar-refractivity contribution is 0.0766. The van der Waals surface area contributed by atoms with Gasteiger partial charge in [0, 0.05) is 56.9 Å². The van der Waals surface area contributed by atoms with Gasteiger partial charge in [0.2, 0.25) is 0 Å². The Labute approximate surface area is 199 Å². The molecule has 0 unspecified atom stereocenters. The standard InChI is InChI=1S/C25H31N5O4/c1-34-25(33)30-16-14-28(15-17-30)22-9-8-20(24(32)29-12-5-10-26-11-13-29)18-21(22)27-23(31)19-6-3-2-4-7-19/h2-4,6-9,18,26H,5,10-17H2,1H3,(H,27,31). The molecule has 0 atom stereocenters. The van der Waals surface area contributed by atoms with Gasteiger partial charge in [-0.15, -0.1) is 0 Å². The molecule has 9 heteroatoms. The van der Waals surface area contributed by atoms with Gasteiger partial charge in [0.1, 0.15) is 0 Å². The molecule has 0 aromatic heterocycles. The smallest absolute Gasteiger partial charge is 0.409 e. The molecule has 180 valence electrons. The molecule has 0 saturated carbocycles. The van der Waals surface area contributed by atoms with Crippen molar-refractivity contribution in [2.24, 2.45) is 0 Å². The van der Waals surface area contributed by atoms with Crippen LogP contribution in [-0.4, -0.2) is 87.2 Å². The zero-order valence-electron chi connectivity index (χ0n) is 19.5. The van der Waals surface area contributed by atoms with E-state index in [1.54, 1.807) is 23.1 Å². The largest absolute Gasteiger partial charge is 0.453 e. The quantitative estimate of drug-likeness (QED) is 0.720. The van der Waals surface area contributed by atoms with Crippen LogP contribution in [0.3, 0.4) is 0 Å². The van der Waals surface area contributed by atoms with Crippen molar-refractivity contribution in [1.29, 1.82) is 0 Å². The number of nitrogens with one attached hydrogen (secondary N) is 2. The molecule has 2 aliphatic rings. The highest BCUT2D eigenvalue weighted by Gasteiger charge is 2.25. The summed E-state index contributed by atoms with van der Waals surface area (Å²) in [6.45, 7) is 5.24. The number of amides is 3. The Kier molecular flexibility index (Phi) is 7.64. The summed E-state index contributed by atoms with van der Waals surface area (Å²) in [4.78, 5) is 43.6. The third-order valence-corrected chi connectivity index (χ3v) is 6.21. The molecule has 2 fully saturated rings. The number of methoxy groups -OCH3 is 1. The first-order valence-corrected chi connectivity index (χ1v) is 11.6. The lowest BCUT2D eigenvalue weighted by Gasteiger charge is -2.36. The van der Waals surface area contributed by atoms with Gasteiger partial charge < -0.3 is 30.1 Å². The van der Waals surface area contributed by atoms with Crippen LogP contribution in [0.1, 0.15) is 27.1 Å². The lowest BCUT2D eigenvalue weighted by atomic mass is 10.1. The van der Waals surface area contributed by atoms with Gasteiger partial charge >= 0.3 is 6.09 Å². The zero-order chi connectivity index (χ0) is 23.9. The van der Waals surface area contributed by atoms with E-state index >= 15 is 0 Å². The number of carbonyl (C=O) groups excluding carboxylic acids is 3. The summed E-state index contributed by atoms with van der Waals surface area (Å²) >= 11 is 0. The van der Waals surface area contributed by atoms with Crippen molar-refractivity contribution in [2.75, 3.05) is 69.7 Å². The van der Waals surface area contributed by atoms with Crippen molar-refractivity contribution in [3.05, 3.63) is 59.7 Å². The Balaban J connectivity index is 1.59. The highest BCUT2D eigenvalue weighted by molar-refractivity contribution is 6.07. The van der Waals surface area contributed by atoms with E-state index in [4.69, 9.17) is 4.74 Å². The SMILES string of the molecule is COC(=O)N1CCN(c2ccc(C(=O)N3CCCNCC3)cc2NC(=O)c2ccccc2)CC1. The molecule has 2 aromatic rings. The number of rotatable bonds is 4. The first-order chi connectivity index (χ1) is 16.6. The van der Waals surface area contributed by atoms with Gasteiger partial charge in [-0.05, 0) is 43.3 Å². The first kappa shape index (κ1) is 23.6. The summed E-state index contributed by atoms with van der Waals surface area (Å²) in [5, 5.41) is 6.32. The predicted molar refractivity (Wildman–Crippen MR) is 130 cm³/mol. The summed E-state index contributed by atoms with van der Waals surface area (Å²) < 4.78 is 4.83. The maximum Gasteiger partial charge on any atom is 0.409 e. The van der Waals surface area contributed by atoms with Crippen LogP contribution in [-0.2, 0) is 4.74 Å². The van der Waals surface area contributed by atoms with Gasteiger partial charge in [-0.25, -0.2) is 4.79 Å². The normalized spacial score (nSPS) is 16.6. The van der Waals surface area contributed by atoms with Gasteiger partial charge in [0.15, 0.2) is 0 Å². The van der Waals surface area contributed by atoms with Crippen LogP contribution in [0, 0.1) is 0 Å². The Hall–Kier alpha value is -3.59. The lowest BCUT2D eigenvalue weighted by Crippen LogP contribution is -2.49. The number of hydrogen-bond acceptors (Lipinski definition) is 6. The number of anilines is 2. The van der Waals surface area contributed by atoms with Crippen LogP contribution in [0.2, 0.25) is 0 Å².